The number of hydrogen-bond donors (Lipinski definition) is 1. The third-order valence-corrected chi connectivity index (χ3v) is 4.78. The standard InChI is InChI=1S/C14H28N6/c1-6-14(7-2)10-15-12(11(3)4)8-20(14)9-13-16-18-19(5)17-13/h11-12,15H,6-10H2,1-5H3. The molecule has 0 saturated carbocycles. The van der Waals surface area contributed by atoms with E-state index in [1.807, 2.05) is 7.05 Å². The van der Waals surface area contributed by atoms with Gasteiger partial charge in [0.1, 0.15) is 0 Å². The van der Waals surface area contributed by atoms with Gasteiger partial charge in [0, 0.05) is 24.7 Å². The minimum Gasteiger partial charge on any atom is -0.311 e. The van der Waals surface area contributed by atoms with Gasteiger partial charge in [0.05, 0.1) is 13.6 Å². The Hall–Kier alpha value is -1.01. The van der Waals surface area contributed by atoms with Crippen molar-refractivity contribution >= 4 is 0 Å². The molecule has 2 rings (SSSR count). The topological polar surface area (TPSA) is 58.9 Å². The third-order valence-electron chi connectivity index (χ3n) is 4.78. The van der Waals surface area contributed by atoms with Gasteiger partial charge in [-0.25, -0.2) is 0 Å². The summed E-state index contributed by atoms with van der Waals surface area (Å²) in [6, 6.07) is 0.540. The minimum absolute atomic E-state index is 0.213. The van der Waals surface area contributed by atoms with Crippen LogP contribution < -0.4 is 5.32 Å². The highest BCUT2D eigenvalue weighted by Crippen LogP contribution is 2.29. The predicted octanol–water partition coefficient (Wildman–Crippen LogP) is 1.20. The van der Waals surface area contributed by atoms with Crippen molar-refractivity contribution in [3.05, 3.63) is 5.82 Å². The number of aryl methyl sites for hydroxylation is 1. The van der Waals surface area contributed by atoms with E-state index in [-0.39, 0.29) is 5.54 Å². The number of piperazine rings is 1. The van der Waals surface area contributed by atoms with Gasteiger partial charge in [-0.3, -0.25) is 4.90 Å². The summed E-state index contributed by atoms with van der Waals surface area (Å²) in [6.45, 7) is 12.0. The van der Waals surface area contributed by atoms with Crippen LogP contribution in [-0.2, 0) is 13.6 Å². The van der Waals surface area contributed by atoms with Gasteiger partial charge < -0.3 is 5.32 Å². The van der Waals surface area contributed by atoms with Crippen LogP contribution >= 0.6 is 0 Å². The van der Waals surface area contributed by atoms with E-state index in [4.69, 9.17) is 0 Å². The first-order valence-corrected chi connectivity index (χ1v) is 7.72. The SMILES string of the molecule is CCC1(CC)CNC(C(C)C)CN1Cc1nnn(C)n1. The Morgan fingerprint density at radius 3 is 2.55 bits per heavy atom. The summed E-state index contributed by atoms with van der Waals surface area (Å²) in [7, 11) is 1.82. The smallest absolute Gasteiger partial charge is 0.188 e. The van der Waals surface area contributed by atoms with E-state index in [0.717, 1.165) is 38.3 Å². The normalized spacial score (nSPS) is 23.4. The molecule has 0 amide bonds. The van der Waals surface area contributed by atoms with Crippen molar-refractivity contribution in [2.24, 2.45) is 13.0 Å². The molecule has 1 fully saturated rings. The molecule has 1 unspecified atom stereocenters. The first-order valence-electron chi connectivity index (χ1n) is 7.72. The number of nitrogens with one attached hydrogen (secondary N) is 1. The Labute approximate surface area is 121 Å². The molecule has 2 heterocycles. The second-order valence-corrected chi connectivity index (χ2v) is 6.24. The van der Waals surface area contributed by atoms with Crippen molar-refractivity contribution < 1.29 is 0 Å². The second-order valence-electron chi connectivity index (χ2n) is 6.24. The van der Waals surface area contributed by atoms with Crippen LogP contribution in [0.1, 0.15) is 46.4 Å². The molecule has 6 heteroatoms. The highest BCUT2D eigenvalue weighted by Gasteiger charge is 2.39. The van der Waals surface area contributed by atoms with E-state index in [1.165, 1.54) is 4.80 Å². The summed E-state index contributed by atoms with van der Waals surface area (Å²) in [4.78, 5) is 4.10. The quantitative estimate of drug-likeness (QED) is 0.878. The van der Waals surface area contributed by atoms with Crippen molar-refractivity contribution in [2.45, 2.75) is 58.7 Å². The highest BCUT2D eigenvalue weighted by atomic mass is 15.6. The van der Waals surface area contributed by atoms with Gasteiger partial charge >= 0.3 is 0 Å². The molecule has 114 valence electrons. The summed E-state index contributed by atoms with van der Waals surface area (Å²) < 4.78 is 0. The van der Waals surface area contributed by atoms with Gasteiger partial charge in [-0.15, -0.1) is 10.2 Å². The molecule has 6 nitrogen and oxygen atoms in total. The van der Waals surface area contributed by atoms with Crippen LogP contribution in [0, 0.1) is 5.92 Å². The summed E-state index contributed by atoms with van der Waals surface area (Å²) >= 11 is 0. The van der Waals surface area contributed by atoms with Crippen molar-refractivity contribution in [3.8, 4) is 0 Å². The molecule has 1 aliphatic heterocycles. The zero-order valence-electron chi connectivity index (χ0n) is 13.4. The van der Waals surface area contributed by atoms with Crippen LogP contribution in [0.25, 0.3) is 0 Å². The minimum atomic E-state index is 0.213. The Bertz CT molecular complexity index is 423. The van der Waals surface area contributed by atoms with E-state index in [1.54, 1.807) is 0 Å². The average Bonchev–Trinajstić information content (AvgIpc) is 2.84. The number of hydrogen-bond acceptors (Lipinski definition) is 5. The number of nitrogens with zero attached hydrogens (tertiary/aromatic N) is 5. The van der Waals surface area contributed by atoms with Crippen LogP contribution in [0.5, 0.6) is 0 Å². The van der Waals surface area contributed by atoms with E-state index >= 15 is 0 Å². The number of rotatable bonds is 5. The van der Waals surface area contributed by atoms with E-state index in [9.17, 15) is 0 Å². The lowest BCUT2D eigenvalue weighted by Gasteiger charge is -2.50. The van der Waals surface area contributed by atoms with Gasteiger partial charge in [0.25, 0.3) is 0 Å². The first-order chi connectivity index (χ1) is 9.50. The molecule has 0 aromatic carbocycles. The molecule has 0 bridgehead atoms. The van der Waals surface area contributed by atoms with Gasteiger partial charge in [0.15, 0.2) is 5.82 Å². The monoisotopic (exact) mass is 280 g/mol. The molecule has 1 aromatic heterocycles. The maximum Gasteiger partial charge on any atom is 0.188 e. The molecule has 1 N–H and O–H groups in total. The zero-order valence-corrected chi connectivity index (χ0v) is 13.4. The van der Waals surface area contributed by atoms with Crippen molar-refractivity contribution in [1.82, 2.24) is 30.4 Å². The third kappa shape index (κ3) is 3.01. The molecule has 20 heavy (non-hydrogen) atoms. The van der Waals surface area contributed by atoms with Crippen molar-refractivity contribution in [3.63, 3.8) is 0 Å². The Morgan fingerprint density at radius 2 is 2.05 bits per heavy atom. The number of aromatic nitrogens is 4. The maximum absolute atomic E-state index is 4.34. The first kappa shape index (κ1) is 15.4. The van der Waals surface area contributed by atoms with Gasteiger partial charge in [-0.1, -0.05) is 27.7 Å². The highest BCUT2D eigenvalue weighted by molar-refractivity contribution is 4.99. The molecule has 1 atom stereocenters. The zero-order chi connectivity index (χ0) is 14.8. The lowest BCUT2D eigenvalue weighted by molar-refractivity contribution is 0.0136. The summed E-state index contributed by atoms with van der Waals surface area (Å²) in [5, 5.41) is 16.2. The van der Waals surface area contributed by atoms with Crippen molar-refractivity contribution in [1.29, 1.82) is 0 Å². The van der Waals surface area contributed by atoms with Crippen LogP contribution in [0.15, 0.2) is 0 Å². The van der Waals surface area contributed by atoms with E-state index in [0.29, 0.717) is 12.0 Å². The van der Waals surface area contributed by atoms with Crippen molar-refractivity contribution in [2.75, 3.05) is 13.1 Å². The predicted molar refractivity (Wildman–Crippen MR) is 79.1 cm³/mol. The molecule has 1 aromatic rings. The second kappa shape index (κ2) is 6.18. The Kier molecular flexibility index (Phi) is 4.75. The largest absolute Gasteiger partial charge is 0.311 e. The van der Waals surface area contributed by atoms with Crippen LogP contribution in [0.2, 0.25) is 0 Å². The molecule has 0 radical (unpaired) electrons. The lowest BCUT2D eigenvalue weighted by Crippen LogP contribution is -2.64. The van der Waals surface area contributed by atoms with E-state index < -0.39 is 0 Å². The summed E-state index contributed by atoms with van der Waals surface area (Å²) in [6.07, 6.45) is 2.28. The summed E-state index contributed by atoms with van der Waals surface area (Å²) in [5.74, 6) is 1.46. The molecule has 1 aliphatic rings. The van der Waals surface area contributed by atoms with Crippen LogP contribution in [0.3, 0.4) is 0 Å². The number of tetrazole rings is 1. The van der Waals surface area contributed by atoms with Gasteiger partial charge in [-0.2, -0.15) is 4.80 Å². The molecular weight excluding hydrogens is 252 g/mol. The Balaban J connectivity index is 2.17. The fraction of sp³-hybridized carbons (Fsp3) is 0.929. The van der Waals surface area contributed by atoms with Gasteiger partial charge in [0.2, 0.25) is 0 Å². The molecule has 1 saturated heterocycles. The Morgan fingerprint density at radius 1 is 1.35 bits per heavy atom. The molecule has 0 spiro atoms. The fourth-order valence-corrected chi connectivity index (χ4v) is 3.11. The van der Waals surface area contributed by atoms with Gasteiger partial charge in [-0.05, 0) is 24.0 Å². The van der Waals surface area contributed by atoms with Crippen LogP contribution in [0.4, 0.5) is 0 Å². The molecule has 0 aliphatic carbocycles. The maximum atomic E-state index is 4.34. The van der Waals surface area contributed by atoms with E-state index in [2.05, 4.69) is 53.3 Å². The van der Waals surface area contributed by atoms with Crippen LogP contribution in [-0.4, -0.2) is 49.8 Å². The fourth-order valence-electron chi connectivity index (χ4n) is 3.11. The molecular formula is C14H28N6. The summed E-state index contributed by atoms with van der Waals surface area (Å²) in [5.41, 5.74) is 0.213. The average molecular weight is 280 g/mol. The lowest BCUT2D eigenvalue weighted by atomic mass is 9.85.